The zero-order valence-electron chi connectivity index (χ0n) is 12.6. The number of hydrogen-bond acceptors (Lipinski definition) is 2. The van der Waals surface area contributed by atoms with Crippen molar-refractivity contribution in [3.05, 3.63) is 29.8 Å². The number of rotatable bonds is 4. The second-order valence-corrected chi connectivity index (χ2v) is 6.46. The molecule has 0 amide bonds. The topological polar surface area (TPSA) is 49.3 Å². The van der Waals surface area contributed by atoms with Crippen molar-refractivity contribution in [1.29, 1.82) is 0 Å². The molecular weight excluding hydrogens is 250 g/mol. The van der Waals surface area contributed by atoms with Gasteiger partial charge in [0.05, 0.1) is 5.56 Å². The minimum absolute atomic E-state index is 0.341. The SMILES string of the molecule is CC1CCC(C(C)C)C(Nc2ccc(C(=O)O)cc2)C1. The molecule has 1 fully saturated rings. The number of benzene rings is 1. The molecule has 110 valence electrons. The first kappa shape index (κ1) is 14.9. The summed E-state index contributed by atoms with van der Waals surface area (Å²) in [6.45, 7) is 6.91. The molecule has 0 aliphatic heterocycles. The van der Waals surface area contributed by atoms with Crippen molar-refractivity contribution in [3.63, 3.8) is 0 Å². The second-order valence-electron chi connectivity index (χ2n) is 6.46. The molecule has 1 aromatic rings. The summed E-state index contributed by atoms with van der Waals surface area (Å²) in [5.74, 6) is 1.27. The summed E-state index contributed by atoms with van der Waals surface area (Å²) in [6, 6.07) is 7.58. The van der Waals surface area contributed by atoms with Crippen LogP contribution in [0.4, 0.5) is 5.69 Å². The highest BCUT2D eigenvalue weighted by Gasteiger charge is 2.30. The zero-order chi connectivity index (χ0) is 14.7. The van der Waals surface area contributed by atoms with Crippen LogP contribution >= 0.6 is 0 Å². The average Bonchev–Trinajstić information content (AvgIpc) is 2.39. The zero-order valence-corrected chi connectivity index (χ0v) is 12.6. The molecule has 3 heteroatoms. The number of carbonyl (C=O) groups is 1. The molecule has 20 heavy (non-hydrogen) atoms. The maximum Gasteiger partial charge on any atom is 0.335 e. The molecule has 1 aromatic carbocycles. The van der Waals surface area contributed by atoms with Gasteiger partial charge in [-0.05, 0) is 54.9 Å². The van der Waals surface area contributed by atoms with Crippen LogP contribution in [0.3, 0.4) is 0 Å². The average molecular weight is 275 g/mol. The molecule has 3 nitrogen and oxygen atoms in total. The van der Waals surface area contributed by atoms with Gasteiger partial charge in [-0.2, -0.15) is 0 Å². The summed E-state index contributed by atoms with van der Waals surface area (Å²) < 4.78 is 0. The van der Waals surface area contributed by atoms with Gasteiger partial charge >= 0.3 is 5.97 Å². The van der Waals surface area contributed by atoms with Crippen molar-refractivity contribution in [1.82, 2.24) is 0 Å². The summed E-state index contributed by atoms with van der Waals surface area (Å²) in [5.41, 5.74) is 1.37. The molecule has 0 bridgehead atoms. The molecule has 1 aliphatic carbocycles. The Balaban J connectivity index is 2.07. The van der Waals surface area contributed by atoms with Gasteiger partial charge in [0.15, 0.2) is 0 Å². The molecule has 0 heterocycles. The lowest BCUT2D eigenvalue weighted by Gasteiger charge is -2.38. The summed E-state index contributed by atoms with van der Waals surface area (Å²) in [7, 11) is 0. The number of aromatic carboxylic acids is 1. The first-order chi connectivity index (χ1) is 9.47. The van der Waals surface area contributed by atoms with Crippen LogP contribution in [0.25, 0.3) is 0 Å². The molecule has 0 aromatic heterocycles. The van der Waals surface area contributed by atoms with E-state index in [9.17, 15) is 4.79 Å². The van der Waals surface area contributed by atoms with Gasteiger partial charge in [-0.1, -0.05) is 27.2 Å². The van der Waals surface area contributed by atoms with E-state index in [1.54, 1.807) is 12.1 Å². The minimum atomic E-state index is -0.872. The van der Waals surface area contributed by atoms with Crippen LogP contribution in [0.1, 0.15) is 50.4 Å². The molecule has 3 unspecified atom stereocenters. The van der Waals surface area contributed by atoms with Gasteiger partial charge in [0.2, 0.25) is 0 Å². The number of anilines is 1. The number of carboxylic acid groups (broad SMARTS) is 1. The third kappa shape index (κ3) is 3.53. The molecule has 1 aliphatic rings. The van der Waals surface area contributed by atoms with Crippen molar-refractivity contribution >= 4 is 11.7 Å². The van der Waals surface area contributed by atoms with E-state index in [2.05, 4.69) is 26.1 Å². The van der Waals surface area contributed by atoms with Gasteiger partial charge < -0.3 is 10.4 Å². The van der Waals surface area contributed by atoms with Gasteiger partial charge in [-0.15, -0.1) is 0 Å². The molecule has 1 saturated carbocycles. The Bertz CT molecular complexity index is 453. The normalized spacial score (nSPS) is 26.5. The fourth-order valence-electron chi connectivity index (χ4n) is 3.29. The van der Waals surface area contributed by atoms with Crippen LogP contribution in [0, 0.1) is 17.8 Å². The van der Waals surface area contributed by atoms with Crippen LogP contribution in [0.15, 0.2) is 24.3 Å². The minimum Gasteiger partial charge on any atom is -0.478 e. The summed E-state index contributed by atoms with van der Waals surface area (Å²) >= 11 is 0. The van der Waals surface area contributed by atoms with E-state index in [1.165, 1.54) is 19.3 Å². The van der Waals surface area contributed by atoms with E-state index in [-0.39, 0.29) is 0 Å². The van der Waals surface area contributed by atoms with Crippen LogP contribution in [-0.4, -0.2) is 17.1 Å². The third-order valence-corrected chi connectivity index (χ3v) is 4.51. The van der Waals surface area contributed by atoms with Crippen LogP contribution < -0.4 is 5.32 Å². The Kier molecular flexibility index (Phi) is 4.69. The quantitative estimate of drug-likeness (QED) is 0.863. The Labute approximate surface area is 121 Å². The summed E-state index contributed by atoms with van der Waals surface area (Å²) in [6.07, 6.45) is 3.80. The predicted molar refractivity (Wildman–Crippen MR) is 82.2 cm³/mol. The van der Waals surface area contributed by atoms with E-state index in [0.717, 1.165) is 11.6 Å². The van der Waals surface area contributed by atoms with Gasteiger partial charge in [0.1, 0.15) is 0 Å². The maximum atomic E-state index is 10.9. The lowest BCUT2D eigenvalue weighted by molar-refractivity contribution is 0.0697. The van der Waals surface area contributed by atoms with Crippen molar-refractivity contribution in [2.24, 2.45) is 17.8 Å². The molecule has 0 radical (unpaired) electrons. The monoisotopic (exact) mass is 275 g/mol. The Morgan fingerprint density at radius 2 is 1.90 bits per heavy atom. The molecular formula is C17H25NO2. The fourth-order valence-corrected chi connectivity index (χ4v) is 3.29. The largest absolute Gasteiger partial charge is 0.478 e. The molecule has 3 atom stereocenters. The van der Waals surface area contributed by atoms with Gasteiger partial charge in [-0.25, -0.2) is 4.79 Å². The highest BCUT2D eigenvalue weighted by Crippen LogP contribution is 2.35. The maximum absolute atomic E-state index is 10.9. The first-order valence-corrected chi connectivity index (χ1v) is 7.57. The van der Waals surface area contributed by atoms with E-state index >= 15 is 0 Å². The predicted octanol–water partition coefficient (Wildman–Crippen LogP) is 4.26. The van der Waals surface area contributed by atoms with Crippen LogP contribution in [0.5, 0.6) is 0 Å². The van der Waals surface area contributed by atoms with Crippen molar-refractivity contribution in [3.8, 4) is 0 Å². The molecule has 0 saturated heterocycles. The highest BCUT2D eigenvalue weighted by atomic mass is 16.4. The Hall–Kier alpha value is -1.51. The fraction of sp³-hybridized carbons (Fsp3) is 0.588. The molecule has 2 rings (SSSR count). The first-order valence-electron chi connectivity index (χ1n) is 7.57. The molecule has 2 N–H and O–H groups in total. The molecule has 0 spiro atoms. The number of nitrogens with one attached hydrogen (secondary N) is 1. The summed E-state index contributed by atoms with van der Waals surface area (Å²) in [5, 5.41) is 12.5. The van der Waals surface area contributed by atoms with Crippen LogP contribution in [-0.2, 0) is 0 Å². The lowest BCUT2D eigenvalue weighted by atomic mass is 9.74. The van der Waals surface area contributed by atoms with E-state index in [4.69, 9.17) is 5.11 Å². The smallest absolute Gasteiger partial charge is 0.335 e. The highest BCUT2D eigenvalue weighted by molar-refractivity contribution is 5.88. The van der Waals surface area contributed by atoms with E-state index in [1.807, 2.05) is 12.1 Å². The van der Waals surface area contributed by atoms with Gasteiger partial charge in [0, 0.05) is 11.7 Å². The van der Waals surface area contributed by atoms with Gasteiger partial charge in [0.25, 0.3) is 0 Å². The lowest BCUT2D eigenvalue weighted by Crippen LogP contribution is -2.37. The van der Waals surface area contributed by atoms with E-state index in [0.29, 0.717) is 23.4 Å². The van der Waals surface area contributed by atoms with Crippen molar-refractivity contribution < 1.29 is 9.90 Å². The Morgan fingerprint density at radius 3 is 2.45 bits per heavy atom. The number of carboxylic acids is 1. The standard InChI is InChI=1S/C17H25NO2/c1-11(2)15-9-4-12(3)10-16(15)18-14-7-5-13(6-8-14)17(19)20/h5-8,11-12,15-16,18H,4,9-10H2,1-3H3,(H,19,20). The van der Waals surface area contributed by atoms with Gasteiger partial charge in [-0.3, -0.25) is 0 Å². The summed E-state index contributed by atoms with van der Waals surface area (Å²) in [4.78, 5) is 10.9. The number of hydrogen-bond donors (Lipinski definition) is 2. The van der Waals surface area contributed by atoms with Crippen molar-refractivity contribution in [2.75, 3.05) is 5.32 Å². The van der Waals surface area contributed by atoms with Crippen LogP contribution in [0.2, 0.25) is 0 Å². The van der Waals surface area contributed by atoms with E-state index < -0.39 is 5.97 Å². The second kappa shape index (κ2) is 6.29. The van der Waals surface area contributed by atoms with Crippen molar-refractivity contribution in [2.45, 2.75) is 46.1 Å². The Morgan fingerprint density at radius 1 is 1.25 bits per heavy atom. The third-order valence-electron chi connectivity index (χ3n) is 4.51.